The molecule has 96 valence electrons. The van der Waals surface area contributed by atoms with Crippen LogP contribution >= 0.6 is 27.3 Å². The van der Waals surface area contributed by atoms with Crippen molar-refractivity contribution in [2.45, 2.75) is 20.4 Å². The Morgan fingerprint density at radius 2 is 2.28 bits per heavy atom. The van der Waals surface area contributed by atoms with Crippen LogP contribution in [0.25, 0.3) is 0 Å². The number of hydrogen-bond donors (Lipinski definition) is 1. The van der Waals surface area contributed by atoms with Crippen molar-refractivity contribution in [2.75, 3.05) is 17.2 Å². The Morgan fingerprint density at radius 1 is 1.50 bits per heavy atom. The van der Waals surface area contributed by atoms with Crippen LogP contribution in [0.5, 0.6) is 0 Å². The van der Waals surface area contributed by atoms with E-state index in [0.29, 0.717) is 0 Å². The zero-order valence-corrected chi connectivity index (χ0v) is 12.9. The summed E-state index contributed by atoms with van der Waals surface area (Å²) in [5.74, 6) is 0.956. The first-order valence-corrected chi connectivity index (χ1v) is 7.48. The zero-order chi connectivity index (χ0) is 13.1. The normalized spacial score (nSPS) is 10.6. The van der Waals surface area contributed by atoms with E-state index in [1.807, 2.05) is 6.92 Å². The number of pyridine rings is 1. The standard InChI is InChI=1S/C13H16BrN3S/c1-3-17(8-10-5-4-6-18-10)13-12(14)9(2)11(15)7-16-13/h4-7H,3,8,15H2,1-2H3. The van der Waals surface area contributed by atoms with Crippen molar-refractivity contribution in [1.29, 1.82) is 0 Å². The highest BCUT2D eigenvalue weighted by molar-refractivity contribution is 9.10. The van der Waals surface area contributed by atoms with Gasteiger partial charge in [-0.3, -0.25) is 0 Å². The number of rotatable bonds is 4. The molecule has 0 bridgehead atoms. The van der Waals surface area contributed by atoms with Crippen LogP contribution in [0.2, 0.25) is 0 Å². The summed E-state index contributed by atoms with van der Waals surface area (Å²) in [6.07, 6.45) is 1.73. The van der Waals surface area contributed by atoms with Crippen LogP contribution in [0.4, 0.5) is 11.5 Å². The predicted octanol–water partition coefficient (Wildman–Crippen LogP) is 3.82. The topological polar surface area (TPSA) is 42.2 Å². The van der Waals surface area contributed by atoms with Crippen molar-refractivity contribution in [3.63, 3.8) is 0 Å². The predicted molar refractivity (Wildman–Crippen MR) is 82.1 cm³/mol. The number of nitrogens with zero attached hydrogens (tertiary/aromatic N) is 2. The molecule has 5 heteroatoms. The fourth-order valence-electron chi connectivity index (χ4n) is 1.73. The van der Waals surface area contributed by atoms with Crippen molar-refractivity contribution in [3.8, 4) is 0 Å². The maximum absolute atomic E-state index is 5.86. The quantitative estimate of drug-likeness (QED) is 0.929. The highest BCUT2D eigenvalue weighted by Gasteiger charge is 2.14. The van der Waals surface area contributed by atoms with Gasteiger partial charge in [-0.2, -0.15) is 0 Å². The first kappa shape index (κ1) is 13.4. The summed E-state index contributed by atoms with van der Waals surface area (Å²) >= 11 is 5.36. The molecule has 18 heavy (non-hydrogen) atoms. The SMILES string of the molecule is CCN(Cc1cccs1)c1ncc(N)c(C)c1Br. The Labute approximate surface area is 120 Å². The molecule has 2 heterocycles. The van der Waals surface area contributed by atoms with Gasteiger partial charge in [0.2, 0.25) is 0 Å². The smallest absolute Gasteiger partial charge is 0.143 e. The van der Waals surface area contributed by atoms with Gasteiger partial charge < -0.3 is 10.6 Å². The van der Waals surface area contributed by atoms with Crippen LogP contribution in [0.1, 0.15) is 17.4 Å². The molecule has 2 aromatic heterocycles. The maximum atomic E-state index is 5.86. The second kappa shape index (κ2) is 5.71. The van der Waals surface area contributed by atoms with Crippen molar-refractivity contribution in [2.24, 2.45) is 0 Å². The molecule has 0 aliphatic carbocycles. The number of halogens is 1. The Hall–Kier alpha value is -1.07. The Morgan fingerprint density at radius 3 is 2.89 bits per heavy atom. The first-order valence-electron chi connectivity index (χ1n) is 5.81. The molecule has 0 unspecified atom stereocenters. The molecule has 0 amide bonds. The maximum Gasteiger partial charge on any atom is 0.143 e. The third-order valence-corrected chi connectivity index (χ3v) is 4.70. The molecule has 2 N–H and O–H groups in total. The lowest BCUT2D eigenvalue weighted by Gasteiger charge is -2.23. The summed E-state index contributed by atoms with van der Waals surface area (Å²) in [4.78, 5) is 8.02. The van der Waals surface area contributed by atoms with Crippen LogP contribution in [-0.4, -0.2) is 11.5 Å². The first-order chi connectivity index (χ1) is 8.63. The minimum Gasteiger partial charge on any atom is -0.397 e. The summed E-state index contributed by atoms with van der Waals surface area (Å²) in [6, 6.07) is 4.22. The van der Waals surface area contributed by atoms with E-state index < -0.39 is 0 Å². The molecule has 0 atom stereocenters. The fraction of sp³-hybridized carbons (Fsp3) is 0.308. The van der Waals surface area contributed by atoms with Crippen molar-refractivity contribution in [1.82, 2.24) is 4.98 Å². The number of nitrogen functional groups attached to an aromatic ring is 1. The van der Waals surface area contributed by atoms with E-state index in [0.717, 1.165) is 34.6 Å². The van der Waals surface area contributed by atoms with Crippen molar-refractivity contribution >= 4 is 38.8 Å². The molecule has 3 nitrogen and oxygen atoms in total. The summed E-state index contributed by atoms with van der Waals surface area (Å²) in [7, 11) is 0. The second-order valence-electron chi connectivity index (χ2n) is 4.07. The van der Waals surface area contributed by atoms with Gasteiger partial charge in [0, 0.05) is 11.4 Å². The van der Waals surface area contributed by atoms with E-state index in [1.54, 1.807) is 17.5 Å². The molecule has 2 rings (SSSR count). The summed E-state index contributed by atoms with van der Waals surface area (Å²) in [5, 5.41) is 2.10. The highest BCUT2D eigenvalue weighted by atomic mass is 79.9. The number of aromatic nitrogens is 1. The molecular weight excluding hydrogens is 310 g/mol. The molecular formula is C13H16BrN3S. The second-order valence-corrected chi connectivity index (χ2v) is 5.89. The van der Waals surface area contributed by atoms with Crippen LogP contribution in [0.3, 0.4) is 0 Å². The van der Waals surface area contributed by atoms with Crippen LogP contribution in [0, 0.1) is 6.92 Å². The van der Waals surface area contributed by atoms with Gasteiger partial charge in [0.05, 0.1) is 22.9 Å². The summed E-state index contributed by atoms with van der Waals surface area (Å²) in [5.41, 5.74) is 7.62. The van der Waals surface area contributed by atoms with Crippen LogP contribution in [0.15, 0.2) is 28.2 Å². The number of hydrogen-bond acceptors (Lipinski definition) is 4. The van der Waals surface area contributed by atoms with E-state index in [4.69, 9.17) is 5.73 Å². The lowest BCUT2D eigenvalue weighted by Crippen LogP contribution is -2.23. The monoisotopic (exact) mass is 325 g/mol. The van der Waals surface area contributed by atoms with Gasteiger partial charge in [-0.1, -0.05) is 6.07 Å². The van der Waals surface area contributed by atoms with Gasteiger partial charge >= 0.3 is 0 Å². The van der Waals surface area contributed by atoms with Crippen LogP contribution in [-0.2, 0) is 6.54 Å². The molecule has 0 saturated heterocycles. The number of anilines is 2. The van der Waals surface area contributed by atoms with Crippen LogP contribution < -0.4 is 10.6 Å². The molecule has 0 aromatic carbocycles. The van der Waals surface area contributed by atoms with E-state index in [9.17, 15) is 0 Å². The molecule has 0 saturated carbocycles. The highest BCUT2D eigenvalue weighted by Crippen LogP contribution is 2.31. The van der Waals surface area contributed by atoms with Gasteiger partial charge in [-0.15, -0.1) is 11.3 Å². The Balaban J connectivity index is 2.30. The van der Waals surface area contributed by atoms with E-state index in [1.165, 1.54) is 4.88 Å². The Bertz CT molecular complexity index is 525. The minimum atomic E-state index is 0.720. The number of nitrogens with two attached hydrogens (primary N) is 1. The van der Waals surface area contributed by atoms with E-state index >= 15 is 0 Å². The molecule has 0 aliphatic rings. The van der Waals surface area contributed by atoms with E-state index in [2.05, 4.69) is 50.3 Å². The lowest BCUT2D eigenvalue weighted by molar-refractivity contribution is 0.819. The molecule has 0 aliphatic heterocycles. The Kier molecular flexibility index (Phi) is 4.24. The zero-order valence-electron chi connectivity index (χ0n) is 10.5. The third-order valence-electron chi connectivity index (χ3n) is 2.89. The van der Waals surface area contributed by atoms with E-state index in [-0.39, 0.29) is 0 Å². The summed E-state index contributed by atoms with van der Waals surface area (Å²) < 4.78 is 0.987. The molecule has 0 fully saturated rings. The average Bonchev–Trinajstić information content (AvgIpc) is 2.87. The lowest BCUT2D eigenvalue weighted by atomic mass is 10.2. The van der Waals surface area contributed by atoms with Gasteiger partial charge in [-0.05, 0) is 46.8 Å². The molecule has 0 spiro atoms. The largest absolute Gasteiger partial charge is 0.397 e. The molecule has 0 radical (unpaired) electrons. The minimum absolute atomic E-state index is 0.720. The average molecular weight is 326 g/mol. The van der Waals surface area contributed by atoms with Gasteiger partial charge in [-0.25, -0.2) is 4.98 Å². The number of thiophene rings is 1. The summed E-state index contributed by atoms with van der Waals surface area (Å²) in [6.45, 7) is 5.92. The van der Waals surface area contributed by atoms with Gasteiger partial charge in [0.15, 0.2) is 0 Å². The molecule has 2 aromatic rings. The third kappa shape index (κ3) is 2.67. The van der Waals surface area contributed by atoms with Crippen molar-refractivity contribution < 1.29 is 0 Å². The van der Waals surface area contributed by atoms with Crippen molar-refractivity contribution in [3.05, 3.63) is 38.6 Å². The van der Waals surface area contributed by atoms with Gasteiger partial charge in [0.25, 0.3) is 0 Å². The fourth-order valence-corrected chi connectivity index (χ4v) is 3.03. The van der Waals surface area contributed by atoms with Gasteiger partial charge in [0.1, 0.15) is 5.82 Å².